The van der Waals surface area contributed by atoms with Gasteiger partial charge in [-0.1, -0.05) is 25.5 Å². The molecule has 0 saturated carbocycles. The molecule has 0 spiro atoms. The van der Waals surface area contributed by atoms with Crippen molar-refractivity contribution in [3.05, 3.63) is 72.1 Å². The van der Waals surface area contributed by atoms with Crippen molar-refractivity contribution in [3.63, 3.8) is 0 Å². The van der Waals surface area contributed by atoms with E-state index < -0.39 is 0 Å². The molecule has 0 fully saturated rings. The normalized spacial score (nSPS) is 10.7. The van der Waals surface area contributed by atoms with Gasteiger partial charge in [0.25, 0.3) is 5.91 Å². The third-order valence-electron chi connectivity index (χ3n) is 4.71. The first-order valence-corrected chi connectivity index (χ1v) is 10.4. The lowest BCUT2D eigenvalue weighted by Crippen LogP contribution is -2.17. The number of nitrogens with zero attached hydrogens (tertiary/aromatic N) is 2. The molecule has 0 bridgehead atoms. The minimum absolute atomic E-state index is 0.356. The van der Waals surface area contributed by atoms with Crippen LogP contribution in [0.25, 0.3) is 11.1 Å². The van der Waals surface area contributed by atoms with E-state index in [1.165, 1.54) is 12.4 Å². The molecule has 0 unspecified atom stereocenters. The average Bonchev–Trinajstić information content (AvgIpc) is 2.84. The number of methoxy groups -OCH3 is 2. The number of carbonyl (C=O) groups excluding carboxylic acids is 1. The summed E-state index contributed by atoms with van der Waals surface area (Å²) in [6, 6.07) is 14.9. The summed E-state index contributed by atoms with van der Waals surface area (Å²) >= 11 is 0. The van der Waals surface area contributed by atoms with Crippen LogP contribution in [0.15, 0.2) is 66.0 Å². The Morgan fingerprint density at radius 3 is 2.34 bits per heavy atom. The fraction of sp³-hybridized carbons (Fsp3) is 0.240. The highest BCUT2D eigenvalue weighted by Crippen LogP contribution is 2.23. The second-order valence-electron chi connectivity index (χ2n) is 7.03. The minimum Gasteiger partial charge on any atom is -0.497 e. The van der Waals surface area contributed by atoms with E-state index in [2.05, 4.69) is 22.4 Å². The number of hydrogen-bond acceptors (Lipinski definition) is 6. The summed E-state index contributed by atoms with van der Waals surface area (Å²) in [7, 11) is 3.15. The van der Waals surface area contributed by atoms with Gasteiger partial charge in [0.1, 0.15) is 17.2 Å². The van der Waals surface area contributed by atoms with E-state index in [1.807, 2.05) is 24.3 Å². The summed E-state index contributed by atoms with van der Waals surface area (Å²) in [4.78, 5) is 16.7. The average molecular weight is 434 g/mol. The van der Waals surface area contributed by atoms with Crippen LogP contribution >= 0.6 is 0 Å². The molecule has 32 heavy (non-hydrogen) atoms. The topological polar surface area (TPSA) is 82.0 Å². The maximum absolute atomic E-state index is 12.5. The van der Waals surface area contributed by atoms with Gasteiger partial charge in [-0.05, 0) is 42.3 Å². The zero-order valence-corrected chi connectivity index (χ0v) is 18.5. The maximum Gasteiger partial charge on any atom is 0.272 e. The van der Waals surface area contributed by atoms with Gasteiger partial charge in [0, 0.05) is 29.6 Å². The Morgan fingerprint density at radius 2 is 1.69 bits per heavy atom. The molecule has 7 nitrogen and oxygen atoms in total. The van der Waals surface area contributed by atoms with Gasteiger partial charge in [-0.3, -0.25) is 9.78 Å². The highest BCUT2D eigenvalue weighted by atomic mass is 16.5. The fourth-order valence-electron chi connectivity index (χ4n) is 2.93. The van der Waals surface area contributed by atoms with Crippen molar-refractivity contribution in [2.75, 3.05) is 20.8 Å². The Hall–Kier alpha value is -3.87. The molecule has 1 heterocycles. The van der Waals surface area contributed by atoms with Crippen LogP contribution in [0.2, 0.25) is 0 Å². The Morgan fingerprint density at radius 1 is 0.969 bits per heavy atom. The van der Waals surface area contributed by atoms with Gasteiger partial charge in [0.05, 0.1) is 32.6 Å². The molecule has 0 aliphatic heterocycles. The Labute approximate surface area is 188 Å². The van der Waals surface area contributed by atoms with E-state index in [-0.39, 0.29) is 5.91 Å². The van der Waals surface area contributed by atoms with Crippen molar-refractivity contribution in [3.8, 4) is 28.4 Å². The van der Waals surface area contributed by atoms with Crippen molar-refractivity contribution in [1.82, 2.24) is 10.4 Å². The molecule has 0 saturated heterocycles. The molecule has 1 N–H and O–H groups in total. The van der Waals surface area contributed by atoms with Crippen LogP contribution in [0.3, 0.4) is 0 Å². The lowest BCUT2D eigenvalue weighted by molar-refractivity contribution is 0.0955. The molecule has 1 aromatic heterocycles. The summed E-state index contributed by atoms with van der Waals surface area (Å²) < 4.78 is 16.2. The van der Waals surface area contributed by atoms with Crippen molar-refractivity contribution in [2.24, 2.45) is 5.10 Å². The standard InChI is InChI=1S/C25H27N3O4/c1-4-5-10-32-22-8-6-19(7-9-22)20-13-21(17-26-16-20)25(29)28-27-15-18-11-23(30-2)14-24(12-18)31-3/h6-9,11-17H,4-5,10H2,1-3H3,(H,28,29). The molecule has 0 aliphatic rings. The van der Waals surface area contributed by atoms with Crippen molar-refractivity contribution in [2.45, 2.75) is 19.8 Å². The smallest absolute Gasteiger partial charge is 0.272 e. The van der Waals surface area contributed by atoms with E-state index in [0.29, 0.717) is 23.7 Å². The number of benzene rings is 2. The Balaban J connectivity index is 1.66. The van der Waals surface area contributed by atoms with Gasteiger partial charge in [-0.15, -0.1) is 0 Å². The Bertz CT molecular complexity index is 1040. The van der Waals surface area contributed by atoms with Crippen LogP contribution < -0.4 is 19.6 Å². The molecule has 3 aromatic rings. The second kappa shape index (κ2) is 11.5. The van der Waals surface area contributed by atoms with Gasteiger partial charge in [0.2, 0.25) is 0 Å². The van der Waals surface area contributed by atoms with Crippen LogP contribution in [0.1, 0.15) is 35.7 Å². The number of amides is 1. The highest BCUT2D eigenvalue weighted by Gasteiger charge is 2.08. The Kier molecular flexibility index (Phi) is 8.20. The monoisotopic (exact) mass is 433 g/mol. The van der Waals surface area contributed by atoms with Gasteiger partial charge in [-0.25, -0.2) is 5.43 Å². The van der Waals surface area contributed by atoms with Crippen LogP contribution in [0.4, 0.5) is 0 Å². The van der Waals surface area contributed by atoms with Gasteiger partial charge < -0.3 is 14.2 Å². The molecular weight excluding hydrogens is 406 g/mol. The number of ether oxygens (including phenoxy) is 3. The van der Waals surface area contributed by atoms with Crippen LogP contribution in [-0.4, -0.2) is 37.9 Å². The molecular formula is C25H27N3O4. The zero-order valence-electron chi connectivity index (χ0n) is 18.5. The molecule has 0 atom stereocenters. The minimum atomic E-state index is -0.356. The number of rotatable bonds is 10. The number of carbonyl (C=O) groups is 1. The van der Waals surface area contributed by atoms with Gasteiger partial charge in [-0.2, -0.15) is 5.10 Å². The first-order chi connectivity index (χ1) is 15.6. The first-order valence-electron chi connectivity index (χ1n) is 10.4. The maximum atomic E-state index is 12.5. The van der Waals surface area contributed by atoms with E-state index in [0.717, 1.165) is 35.3 Å². The number of nitrogens with one attached hydrogen (secondary N) is 1. The number of pyridine rings is 1. The summed E-state index contributed by atoms with van der Waals surface area (Å²) in [5.74, 6) is 1.74. The van der Waals surface area contributed by atoms with E-state index in [1.54, 1.807) is 44.7 Å². The SMILES string of the molecule is CCCCOc1ccc(-c2cncc(C(=O)NN=Cc3cc(OC)cc(OC)c3)c2)cc1. The molecule has 0 aliphatic carbocycles. The van der Waals surface area contributed by atoms with Crippen molar-refractivity contribution in [1.29, 1.82) is 0 Å². The van der Waals surface area contributed by atoms with Gasteiger partial charge in [0.15, 0.2) is 0 Å². The van der Waals surface area contributed by atoms with Gasteiger partial charge >= 0.3 is 0 Å². The predicted molar refractivity (Wildman–Crippen MR) is 125 cm³/mol. The zero-order chi connectivity index (χ0) is 22.8. The fourth-order valence-corrected chi connectivity index (χ4v) is 2.93. The molecule has 7 heteroatoms. The van der Waals surface area contributed by atoms with E-state index in [9.17, 15) is 4.79 Å². The number of unbranched alkanes of at least 4 members (excludes halogenated alkanes) is 1. The molecule has 2 aromatic carbocycles. The summed E-state index contributed by atoms with van der Waals surface area (Å²) in [6.45, 7) is 2.83. The number of hydrazone groups is 1. The second-order valence-corrected chi connectivity index (χ2v) is 7.03. The first kappa shape index (κ1) is 22.8. The largest absolute Gasteiger partial charge is 0.497 e. The van der Waals surface area contributed by atoms with Crippen LogP contribution in [0, 0.1) is 0 Å². The summed E-state index contributed by atoms with van der Waals surface area (Å²) in [5, 5.41) is 4.04. The van der Waals surface area contributed by atoms with Crippen LogP contribution in [-0.2, 0) is 0 Å². The molecule has 166 valence electrons. The number of hydrogen-bond donors (Lipinski definition) is 1. The third kappa shape index (κ3) is 6.31. The highest BCUT2D eigenvalue weighted by molar-refractivity contribution is 5.95. The quantitative estimate of drug-likeness (QED) is 0.284. The molecule has 1 amide bonds. The molecule has 3 rings (SSSR count). The van der Waals surface area contributed by atoms with E-state index in [4.69, 9.17) is 14.2 Å². The lowest BCUT2D eigenvalue weighted by atomic mass is 10.1. The van der Waals surface area contributed by atoms with Crippen molar-refractivity contribution < 1.29 is 19.0 Å². The van der Waals surface area contributed by atoms with Crippen LogP contribution in [0.5, 0.6) is 17.2 Å². The predicted octanol–water partition coefficient (Wildman–Crippen LogP) is 4.71. The summed E-state index contributed by atoms with van der Waals surface area (Å²) in [5.41, 5.74) is 5.45. The van der Waals surface area contributed by atoms with Crippen molar-refractivity contribution >= 4 is 12.1 Å². The van der Waals surface area contributed by atoms with E-state index >= 15 is 0 Å². The molecule has 0 radical (unpaired) electrons. The number of aromatic nitrogens is 1. The summed E-state index contributed by atoms with van der Waals surface area (Å²) in [6.07, 6.45) is 6.87. The lowest BCUT2D eigenvalue weighted by Gasteiger charge is -2.08. The third-order valence-corrected chi connectivity index (χ3v) is 4.71.